The summed E-state index contributed by atoms with van der Waals surface area (Å²) in [6, 6.07) is 12.8. The Morgan fingerprint density at radius 2 is 1.89 bits per heavy atom. The average Bonchev–Trinajstić information content (AvgIpc) is 2.91. The normalized spacial score (nSPS) is 15.1. The first-order chi connectivity index (χ1) is 13.3. The van der Waals surface area contributed by atoms with Crippen LogP contribution in [0, 0.1) is 0 Å². The van der Waals surface area contributed by atoms with E-state index in [0.717, 1.165) is 28.3 Å². The Bertz CT molecular complexity index is 1000. The van der Waals surface area contributed by atoms with Crippen LogP contribution in [0.1, 0.15) is 15.9 Å². The van der Waals surface area contributed by atoms with Crippen LogP contribution in [0.15, 0.2) is 53.4 Å². The van der Waals surface area contributed by atoms with E-state index in [1.165, 1.54) is 12.1 Å². The van der Waals surface area contributed by atoms with Crippen molar-refractivity contribution in [2.45, 2.75) is 0 Å². The SMILES string of the molecule is O=C(CN1C(=O)C(=Cc2ccccc2)SC1=S)Nc1ccc(O)cc1C(=O)O. The monoisotopic (exact) mass is 414 g/mol. The first-order valence-electron chi connectivity index (χ1n) is 8.02. The fraction of sp³-hybridized carbons (Fsp3) is 0.0526. The number of phenolic OH excluding ortho intramolecular Hbond substituents is 1. The van der Waals surface area contributed by atoms with Crippen molar-refractivity contribution in [2.75, 3.05) is 11.9 Å². The van der Waals surface area contributed by atoms with Gasteiger partial charge in [0.05, 0.1) is 16.2 Å². The van der Waals surface area contributed by atoms with Gasteiger partial charge < -0.3 is 15.5 Å². The van der Waals surface area contributed by atoms with E-state index in [-0.39, 0.29) is 27.9 Å². The van der Waals surface area contributed by atoms with Crippen LogP contribution in [-0.2, 0) is 9.59 Å². The zero-order chi connectivity index (χ0) is 20.3. The second-order valence-corrected chi connectivity index (χ2v) is 7.44. The highest BCUT2D eigenvalue weighted by atomic mass is 32.2. The van der Waals surface area contributed by atoms with E-state index in [9.17, 15) is 24.6 Å². The van der Waals surface area contributed by atoms with E-state index in [1.54, 1.807) is 6.08 Å². The van der Waals surface area contributed by atoms with E-state index >= 15 is 0 Å². The largest absolute Gasteiger partial charge is 0.508 e. The highest BCUT2D eigenvalue weighted by Crippen LogP contribution is 2.32. The van der Waals surface area contributed by atoms with Gasteiger partial charge in [-0.3, -0.25) is 14.5 Å². The Labute approximate surface area is 169 Å². The van der Waals surface area contributed by atoms with Crippen LogP contribution in [-0.4, -0.2) is 43.8 Å². The predicted octanol–water partition coefficient (Wildman–Crippen LogP) is 2.93. The number of aromatic carboxylic acids is 1. The third-order valence-corrected chi connectivity index (χ3v) is 5.16. The van der Waals surface area contributed by atoms with Gasteiger partial charge in [-0.1, -0.05) is 54.3 Å². The smallest absolute Gasteiger partial charge is 0.337 e. The summed E-state index contributed by atoms with van der Waals surface area (Å²) in [5.74, 6) is -2.54. The van der Waals surface area contributed by atoms with E-state index in [4.69, 9.17) is 12.2 Å². The Hall–Kier alpha value is -3.17. The summed E-state index contributed by atoms with van der Waals surface area (Å²) in [6.45, 7) is -0.350. The van der Waals surface area contributed by atoms with Crippen LogP contribution >= 0.6 is 24.0 Å². The van der Waals surface area contributed by atoms with E-state index in [2.05, 4.69) is 5.32 Å². The van der Waals surface area contributed by atoms with Gasteiger partial charge in [-0.15, -0.1) is 0 Å². The summed E-state index contributed by atoms with van der Waals surface area (Å²) < 4.78 is 0.242. The molecule has 1 saturated heterocycles. The van der Waals surface area contributed by atoms with Gasteiger partial charge in [-0.2, -0.15) is 0 Å². The van der Waals surface area contributed by atoms with E-state index in [1.807, 2.05) is 30.3 Å². The molecule has 0 unspecified atom stereocenters. The fourth-order valence-electron chi connectivity index (χ4n) is 2.49. The molecule has 0 atom stereocenters. The van der Waals surface area contributed by atoms with Crippen molar-refractivity contribution in [1.82, 2.24) is 4.90 Å². The number of anilines is 1. The fourth-order valence-corrected chi connectivity index (χ4v) is 3.74. The molecule has 3 rings (SSSR count). The van der Waals surface area contributed by atoms with Crippen LogP contribution in [0.4, 0.5) is 5.69 Å². The Balaban J connectivity index is 1.73. The van der Waals surface area contributed by atoms with Gasteiger partial charge in [0.2, 0.25) is 5.91 Å². The van der Waals surface area contributed by atoms with Crippen molar-refractivity contribution in [1.29, 1.82) is 0 Å². The molecule has 0 radical (unpaired) electrons. The number of hydrogen-bond donors (Lipinski definition) is 3. The summed E-state index contributed by atoms with van der Waals surface area (Å²) in [7, 11) is 0. The van der Waals surface area contributed by atoms with Gasteiger partial charge in [0.1, 0.15) is 16.6 Å². The number of aromatic hydroxyl groups is 1. The first kappa shape index (κ1) is 19.6. The molecule has 1 fully saturated rings. The topological polar surface area (TPSA) is 107 Å². The number of benzene rings is 2. The van der Waals surface area contributed by atoms with Gasteiger partial charge in [-0.25, -0.2) is 4.79 Å². The molecule has 142 valence electrons. The predicted molar refractivity (Wildman–Crippen MR) is 110 cm³/mol. The maximum atomic E-state index is 12.6. The van der Waals surface area contributed by atoms with E-state index < -0.39 is 17.8 Å². The molecule has 9 heteroatoms. The molecule has 3 N–H and O–H groups in total. The number of phenols is 1. The lowest BCUT2D eigenvalue weighted by molar-refractivity contribution is -0.126. The molecule has 2 aromatic carbocycles. The lowest BCUT2D eigenvalue weighted by Gasteiger charge is -2.15. The number of nitrogens with zero attached hydrogens (tertiary/aromatic N) is 1. The van der Waals surface area contributed by atoms with Crippen LogP contribution in [0.5, 0.6) is 5.75 Å². The number of carbonyl (C=O) groups is 3. The minimum absolute atomic E-state index is 0.0144. The number of thioether (sulfide) groups is 1. The molecular weight excluding hydrogens is 400 g/mol. The van der Waals surface area contributed by atoms with Crippen molar-refractivity contribution in [3.63, 3.8) is 0 Å². The third kappa shape index (κ3) is 4.38. The van der Waals surface area contributed by atoms with E-state index in [0.29, 0.717) is 4.91 Å². The molecule has 0 spiro atoms. The molecule has 0 saturated carbocycles. The average molecular weight is 414 g/mol. The molecular formula is C19H14N2O5S2. The van der Waals surface area contributed by atoms with Crippen molar-refractivity contribution < 1.29 is 24.6 Å². The molecule has 7 nitrogen and oxygen atoms in total. The van der Waals surface area contributed by atoms with Crippen LogP contribution < -0.4 is 5.32 Å². The number of carbonyl (C=O) groups excluding carboxylic acids is 2. The highest BCUT2D eigenvalue weighted by molar-refractivity contribution is 8.26. The Morgan fingerprint density at radius 1 is 1.18 bits per heavy atom. The van der Waals surface area contributed by atoms with Gasteiger partial charge in [0.15, 0.2) is 0 Å². The minimum Gasteiger partial charge on any atom is -0.508 e. The molecule has 2 amide bonds. The number of thiocarbonyl (C=S) groups is 1. The summed E-state index contributed by atoms with van der Waals surface area (Å²) in [4.78, 5) is 37.7. The molecule has 2 aromatic rings. The third-order valence-electron chi connectivity index (χ3n) is 3.78. The van der Waals surface area contributed by atoms with Gasteiger partial charge >= 0.3 is 5.97 Å². The van der Waals surface area contributed by atoms with Crippen molar-refractivity contribution in [3.05, 3.63) is 64.6 Å². The van der Waals surface area contributed by atoms with Gasteiger partial charge in [-0.05, 0) is 29.8 Å². The maximum absolute atomic E-state index is 12.6. The first-order valence-corrected chi connectivity index (χ1v) is 9.24. The quantitative estimate of drug-likeness (QED) is 0.392. The van der Waals surface area contributed by atoms with Gasteiger partial charge in [0.25, 0.3) is 5.91 Å². The summed E-state index contributed by atoms with van der Waals surface area (Å²) in [5.41, 5.74) is 0.589. The lowest BCUT2D eigenvalue weighted by atomic mass is 10.1. The summed E-state index contributed by atoms with van der Waals surface area (Å²) >= 11 is 6.30. The molecule has 28 heavy (non-hydrogen) atoms. The zero-order valence-electron chi connectivity index (χ0n) is 14.3. The second kappa shape index (κ2) is 8.24. The molecule has 0 bridgehead atoms. The number of rotatable bonds is 5. The summed E-state index contributed by atoms with van der Waals surface area (Å²) in [5, 5.41) is 21.0. The Morgan fingerprint density at radius 3 is 2.57 bits per heavy atom. The number of hydrogen-bond acceptors (Lipinski definition) is 6. The number of nitrogens with one attached hydrogen (secondary N) is 1. The molecule has 0 aliphatic carbocycles. The second-order valence-electron chi connectivity index (χ2n) is 5.76. The number of carboxylic acids is 1. The van der Waals surface area contributed by atoms with Crippen LogP contribution in [0.3, 0.4) is 0 Å². The zero-order valence-corrected chi connectivity index (χ0v) is 15.9. The van der Waals surface area contributed by atoms with Crippen LogP contribution in [0.25, 0.3) is 6.08 Å². The highest BCUT2D eigenvalue weighted by Gasteiger charge is 2.33. The minimum atomic E-state index is -1.30. The number of carboxylic acid groups (broad SMARTS) is 1. The molecule has 1 heterocycles. The standard InChI is InChI=1S/C19H14N2O5S2/c22-12-6-7-14(13(9-12)18(25)26)20-16(23)10-21-17(24)15(28-19(21)27)8-11-4-2-1-3-5-11/h1-9,22H,10H2,(H,20,23)(H,25,26). The molecule has 0 aromatic heterocycles. The number of amides is 2. The Kier molecular flexibility index (Phi) is 5.76. The maximum Gasteiger partial charge on any atom is 0.337 e. The van der Waals surface area contributed by atoms with Crippen molar-refractivity contribution in [3.8, 4) is 5.75 Å². The lowest BCUT2D eigenvalue weighted by Crippen LogP contribution is -2.36. The van der Waals surface area contributed by atoms with Crippen LogP contribution in [0.2, 0.25) is 0 Å². The summed E-state index contributed by atoms with van der Waals surface area (Å²) in [6.07, 6.45) is 1.69. The molecule has 1 aliphatic heterocycles. The molecule has 1 aliphatic rings. The van der Waals surface area contributed by atoms with Gasteiger partial charge in [0, 0.05) is 0 Å². The van der Waals surface area contributed by atoms with Crippen molar-refractivity contribution in [2.24, 2.45) is 0 Å². The van der Waals surface area contributed by atoms with Crippen molar-refractivity contribution >= 4 is 57.8 Å².